The summed E-state index contributed by atoms with van der Waals surface area (Å²) in [6, 6.07) is 7.76. The van der Waals surface area contributed by atoms with E-state index in [1.165, 1.54) is 0 Å². The van der Waals surface area contributed by atoms with Crippen molar-refractivity contribution >= 4 is 28.4 Å². The summed E-state index contributed by atoms with van der Waals surface area (Å²) in [4.78, 5) is 29.5. The number of hydrogen-bond donors (Lipinski definition) is 3. The molecule has 23 heavy (non-hydrogen) atoms. The van der Waals surface area contributed by atoms with Crippen LogP contribution < -0.4 is 10.6 Å². The van der Waals surface area contributed by atoms with Gasteiger partial charge in [0.15, 0.2) is 0 Å². The Kier molecular flexibility index (Phi) is 4.62. The fourth-order valence-electron chi connectivity index (χ4n) is 3.21. The summed E-state index contributed by atoms with van der Waals surface area (Å²) in [5.74, 6) is -1.21. The predicted octanol–water partition coefficient (Wildman–Crippen LogP) is 1.71. The van der Waals surface area contributed by atoms with Gasteiger partial charge in [0.1, 0.15) is 0 Å². The number of likely N-dealkylation sites (N-methyl/N-ethyl adjacent to an activating group) is 1. The van der Waals surface area contributed by atoms with Crippen LogP contribution in [0, 0.1) is 0 Å². The number of H-pyrrole nitrogens is 1. The van der Waals surface area contributed by atoms with E-state index in [4.69, 9.17) is 0 Å². The number of nitrogens with zero attached hydrogens (tertiary/aromatic N) is 1. The van der Waals surface area contributed by atoms with Crippen molar-refractivity contribution < 1.29 is 9.59 Å². The quantitative estimate of drug-likeness (QED) is 0.752. The summed E-state index contributed by atoms with van der Waals surface area (Å²) in [6.07, 6.45) is 4.02. The highest BCUT2D eigenvalue weighted by molar-refractivity contribution is 6.40. The Hall–Kier alpha value is -2.34. The SMILES string of the molecule is CCN1CCC[C@@H]1CNC(=O)C(=O)Nc1cccc2[nH]ccc12. The molecule has 0 saturated carbocycles. The smallest absolute Gasteiger partial charge is 0.313 e. The van der Waals surface area contributed by atoms with Gasteiger partial charge < -0.3 is 15.6 Å². The van der Waals surface area contributed by atoms with Crippen LogP contribution in [0.4, 0.5) is 5.69 Å². The summed E-state index contributed by atoms with van der Waals surface area (Å²) >= 11 is 0. The van der Waals surface area contributed by atoms with E-state index in [1.807, 2.05) is 18.2 Å². The maximum absolute atomic E-state index is 12.1. The second kappa shape index (κ2) is 6.83. The first kappa shape index (κ1) is 15.6. The molecule has 122 valence electrons. The molecule has 1 aliphatic rings. The Morgan fingerprint density at radius 3 is 3.00 bits per heavy atom. The number of likely N-dealkylation sites (tertiary alicyclic amines) is 1. The molecule has 0 aliphatic carbocycles. The average molecular weight is 314 g/mol. The first-order valence-corrected chi connectivity index (χ1v) is 8.08. The molecule has 3 N–H and O–H groups in total. The molecule has 1 aliphatic heterocycles. The van der Waals surface area contributed by atoms with E-state index in [9.17, 15) is 9.59 Å². The molecule has 1 aromatic heterocycles. The van der Waals surface area contributed by atoms with Gasteiger partial charge in [0, 0.05) is 29.7 Å². The molecule has 0 radical (unpaired) electrons. The van der Waals surface area contributed by atoms with Crippen molar-refractivity contribution in [1.82, 2.24) is 15.2 Å². The van der Waals surface area contributed by atoms with Gasteiger partial charge in [-0.05, 0) is 44.1 Å². The average Bonchev–Trinajstić information content (AvgIpc) is 3.21. The Bertz CT molecular complexity index is 709. The Morgan fingerprint density at radius 1 is 1.30 bits per heavy atom. The number of anilines is 1. The Morgan fingerprint density at radius 2 is 2.17 bits per heavy atom. The minimum Gasteiger partial charge on any atom is -0.361 e. The van der Waals surface area contributed by atoms with Gasteiger partial charge in [-0.25, -0.2) is 0 Å². The van der Waals surface area contributed by atoms with Crippen LogP contribution >= 0.6 is 0 Å². The number of fused-ring (bicyclic) bond motifs is 1. The number of rotatable bonds is 4. The van der Waals surface area contributed by atoms with Crippen LogP contribution in [-0.4, -0.2) is 47.4 Å². The lowest BCUT2D eigenvalue weighted by molar-refractivity contribution is -0.136. The highest BCUT2D eigenvalue weighted by Gasteiger charge is 2.24. The topological polar surface area (TPSA) is 77.2 Å². The van der Waals surface area contributed by atoms with Gasteiger partial charge in [0.05, 0.1) is 5.69 Å². The first-order chi connectivity index (χ1) is 11.2. The van der Waals surface area contributed by atoms with Crippen LogP contribution in [0.5, 0.6) is 0 Å². The van der Waals surface area contributed by atoms with Gasteiger partial charge in [-0.1, -0.05) is 13.0 Å². The van der Waals surface area contributed by atoms with Crippen LogP contribution in [-0.2, 0) is 9.59 Å². The maximum atomic E-state index is 12.1. The number of benzene rings is 1. The van der Waals surface area contributed by atoms with Gasteiger partial charge in [0.25, 0.3) is 0 Å². The van der Waals surface area contributed by atoms with E-state index in [-0.39, 0.29) is 0 Å². The minimum absolute atomic E-state index is 0.338. The largest absolute Gasteiger partial charge is 0.361 e. The maximum Gasteiger partial charge on any atom is 0.313 e. The van der Waals surface area contributed by atoms with Crippen LogP contribution in [0.15, 0.2) is 30.5 Å². The molecule has 2 amide bonds. The minimum atomic E-state index is -0.625. The molecule has 0 spiro atoms. The van der Waals surface area contributed by atoms with Crippen molar-refractivity contribution in [3.05, 3.63) is 30.5 Å². The highest BCUT2D eigenvalue weighted by Crippen LogP contribution is 2.22. The number of carbonyl (C=O) groups excluding carboxylic acids is 2. The molecule has 2 heterocycles. The molecule has 1 saturated heterocycles. The van der Waals surface area contributed by atoms with Gasteiger partial charge in [-0.3, -0.25) is 14.5 Å². The first-order valence-electron chi connectivity index (χ1n) is 8.08. The third-order valence-electron chi connectivity index (χ3n) is 4.45. The second-order valence-electron chi connectivity index (χ2n) is 5.83. The van der Waals surface area contributed by atoms with E-state index in [2.05, 4.69) is 27.4 Å². The number of aromatic nitrogens is 1. The van der Waals surface area contributed by atoms with E-state index in [0.717, 1.165) is 36.8 Å². The lowest BCUT2D eigenvalue weighted by Gasteiger charge is -2.22. The Balaban J connectivity index is 1.57. The van der Waals surface area contributed by atoms with Crippen molar-refractivity contribution in [2.24, 2.45) is 0 Å². The molecule has 1 fully saturated rings. The molecule has 2 aromatic rings. The van der Waals surface area contributed by atoms with Crippen LogP contribution in [0.3, 0.4) is 0 Å². The Labute approximate surface area is 135 Å². The summed E-state index contributed by atoms with van der Waals surface area (Å²) < 4.78 is 0. The van der Waals surface area contributed by atoms with Crippen LogP contribution in [0.2, 0.25) is 0 Å². The molecule has 1 aromatic carbocycles. The van der Waals surface area contributed by atoms with Gasteiger partial charge in [-0.2, -0.15) is 0 Å². The summed E-state index contributed by atoms with van der Waals surface area (Å²) in [6.45, 7) is 4.68. The zero-order chi connectivity index (χ0) is 16.2. The van der Waals surface area contributed by atoms with E-state index < -0.39 is 11.8 Å². The molecule has 0 unspecified atom stereocenters. The predicted molar refractivity (Wildman–Crippen MR) is 90.2 cm³/mol. The summed E-state index contributed by atoms with van der Waals surface area (Å²) in [7, 11) is 0. The van der Waals surface area contributed by atoms with E-state index >= 15 is 0 Å². The monoisotopic (exact) mass is 314 g/mol. The third-order valence-corrected chi connectivity index (χ3v) is 4.45. The number of amides is 2. The highest BCUT2D eigenvalue weighted by atomic mass is 16.2. The van der Waals surface area contributed by atoms with Crippen LogP contribution in [0.1, 0.15) is 19.8 Å². The molecular formula is C17H22N4O2. The molecule has 6 nitrogen and oxygen atoms in total. The summed E-state index contributed by atoms with van der Waals surface area (Å²) in [5, 5.41) is 6.33. The van der Waals surface area contributed by atoms with Crippen LogP contribution in [0.25, 0.3) is 10.9 Å². The van der Waals surface area contributed by atoms with E-state index in [1.54, 1.807) is 12.3 Å². The lowest BCUT2D eigenvalue weighted by Crippen LogP contribution is -2.43. The second-order valence-corrected chi connectivity index (χ2v) is 5.83. The van der Waals surface area contributed by atoms with Gasteiger partial charge in [0.2, 0.25) is 0 Å². The van der Waals surface area contributed by atoms with Crippen molar-refractivity contribution in [2.45, 2.75) is 25.8 Å². The number of carbonyl (C=O) groups is 2. The van der Waals surface area contributed by atoms with Crippen molar-refractivity contribution in [3.63, 3.8) is 0 Å². The molecule has 1 atom stereocenters. The standard InChI is InChI=1S/C17H22N4O2/c1-2-21-10-4-5-12(21)11-19-16(22)17(23)20-15-7-3-6-14-13(15)8-9-18-14/h3,6-9,12,18H,2,4-5,10-11H2,1H3,(H,19,22)(H,20,23)/t12-/m1/s1. The van der Waals surface area contributed by atoms with Crippen molar-refractivity contribution in [3.8, 4) is 0 Å². The molecule has 6 heteroatoms. The van der Waals surface area contributed by atoms with Gasteiger partial charge >= 0.3 is 11.8 Å². The lowest BCUT2D eigenvalue weighted by atomic mass is 10.2. The number of aromatic amines is 1. The fourth-order valence-corrected chi connectivity index (χ4v) is 3.21. The zero-order valence-electron chi connectivity index (χ0n) is 13.3. The normalized spacial score (nSPS) is 18.2. The fraction of sp³-hybridized carbons (Fsp3) is 0.412. The van der Waals surface area contributed by atoms with Crippen molar-refractivity contribution in [1.29, 1.82) is 0 Å². The van der Waals surface area contributed by atoms with E-state index in [0.29, 0.717) is 18.3 Å². The third kappa shape index (κ3) is 3.37. The molecule has 0 bridgehead atoms. The molecule has 3 rings (SSSR count). The zero-order valence-corrected chi connectivity index (χ0v) is 13.3. The summed E-state index contributed by atoms with van der Waals surface area (Å²) in [5.41, 5.74) is 1.56. The molecular weight excluding hydrogens is 292 g/mol. The number of nitrogens with one attached hydrogen (secondary N) is 3. The number of hydrogen-bond acceptors (Lipinski definition) is 3. The van der Waals surface area contributed by atoms with Crippen molar-refractivity contribution in [2.75, 3.05) is 25.0 Å². The van der Waals surface area contributed by atoms with Gasteiger partial charge in [-0.15, -0.1) is 0 Å².